The van der Waals surface area contributed by atoms with Crippen molar-refractivity contribution < 1.29 is 9.53 Å². The first-order valence-electron chi connectivity index (χ1n) is 5.09. The summed E-state index contributed by atoms with van der Waals surface area (Å²) in [4.78, 5) is 12.4. The van der Waals surface area contributed by atoms with E-state index in [2.05, 4.69) is 5.32 Å². The Bertz CT molecular complexity index is 583. The average Bonchev–Trinajstić information content (AvgIpc) is 2.78. The molecule has 1 aromatic heterocycles. The third-order valence-electron chi connectivity index (χ3n) is 2.33. The van der Waals surface area contributed by atoms with Crippen molar-refractivity contribution in [1.29, 1.82) is 0 Å². The molecule has 0 atom stereocenters. The van der Waals surface area contributed by atoms with Crippen molar-refractivity contribution in [2.75, 3.05) is 18.2 Å². The number of thiophene rings is 1. The van der Waals surface area contributed by atoms with Crippen LogP contribution in [0.4, 0.5) is 11.4 Å². The second kappa shape index (κ2) is 5.29. The van der Waals surface area contributed by atoms with E-state index in [1.165, 1.54) is 11.3 Å². The van der Waals surface area contributed by atoms with Crippen LogP contribution in [0, 0.1) is 0 Å². The number of amides is 1. The molecule has 0 saturated heterocycles. The van der Waals surface area contributed by atoms with Crippen molar-refractivity contribution in [1.82, 2.24) is 0 Å². The Kier molecular flexibility index (Phi) is 3.74. The van der Waals surface area contributed by atoms with Gasteiger partial charge < -0.3 is 15.8 Å². The number of nitrogens with two attached hydrogens (primary N) is 1. The number of anilines is 2. The molecule has 0 aliphatic carbocycles. The van der Waals surface area contributed by atoms with Gasteiger partial charge in [0.15, 0.2) is 0 Å². The lowest BCUT2D eigenvalue weighted by Gasteiger charge is -2.09. The molecule has 4 nitrogen and oxygen atoms in total. The van der Waals surface area contributed by atoms with E-state index in [1.54, 1.807) is 36.8 Å². The number of carbonyl (C=O) groups excluding carboxylic acids is 1. The maximum Gasteiger partial charge on any atom is 0.267 e. The zero-order valence-electron chi connectivity index (χ0n) is 9.57. The van der Waals surface area contributed by atoms with Gasteiger partial charge in [-0.2, -0.15) is 0 Å². The fourth-order valence-electron chi connectivity index (χ4n) is 1.42. The molecule has 18 heavy (non-hydrogen) atoms. The van der Waals surface area contributed by atoms with Crippen LogP contribution in [0.15, 0.2) is 29.6 Å². The molecule has 6 heteroatoms. The molecule has 0 radical (unpaired) electrons. The number of halogens is 1. The predicted octanol–water partition coefficient (Wildman–Crippen LogP) is 3.24. The Morgan fingerprint density at radius 3 is 2.78 bits per heavy atom. The molecule has 0 saturated carbocycles. The first-order chi connectivity index (χ1) is 8.61. The van der Waals surface area contributed by atoms with Gasteiger partial charge in [0.2, 0.25) is 0 Å². The third-order valence-corrected chi connectivity index (χ3v) is 3.67. The minimum atomic E-state index is -0.271. The number of rotatable bonds is 3. The summed E-state index contributed by atoms with van der Waals surface area (Å²) in [6, 6.07) is 6.74. The summed E-state index contributed by atoms with van der Waals surface area (Å²) in [5.74, 6) is 0.367. The molecule has 0 spiro atoms. The molecular weight excluding hydrogens is 272 g/mol. The van der Waals surface area contributed by atoms with Crippen molar-refractivity contribution in [3.63, 3.8) is 0 Å². The predicted molar refractivity (Wildman–Crippen MR) is 74.7 cm³/mol. The van der Waals surface area contributed by atoms with Crippen LogP contribution >= 0.6 is 22.9 Å². The maximum atomic E-state index is 11.9. The summed E-state index contributed by atoms with van der Waals surface area (Å²) in [6.45, 7) is 0. The Morgan fingerprint density at radius 1 is 1.44 bits per heavy atom. The highest BCUT2D eigenvalue weighted by atomic mass is 35.5. The van der Waals surface area contributed by atoms with E-state index in [9.17, 15) is 4.79 Å². The Hall–Kier alpha value is -1.72. The largest absolute Gasteiger partial charge is 0.497 e. The van der Waals surface area contributed by atoms with Gasteiger partial charge in [0.05, 0.1) is 23.5 Å². The summed E-state index contributed by atoms with van der Waals surface area (Å²) in [5.41, 5.74) is 6.79. The highest BCUT2D eigenvalue weighted by molar-refractivity contribution is 7.12. The normalized spacial score (nSPS) is 10.1. The van der Waals surface area contributed by atoms with E-state index < -0.39 is 0 Å². The van der Waals surface area contributed by atoms with Gasteiger partial charge in [0.25, 0.3) is 5.91 Å². The average molecular weight is 283 g/mol. The number of nitrogens with one attached hydrogen (secondary N) is 1. The van der Waals surface area contributed by atoms with Gasteiger partial charge >= 0.3 is 0 Å². The van der Waals surface area contributed by atoms with Crippen LogP contribution in [-0.2, 0) is 0 Å². The lowest BCUT2D eigenvalue weighted by Crippen LogP contribution is -2.12. The fraction of sp³-hybridized carbons (Fsp3) is 0.0833. The van der Waals surface area contributed by atoms with E-state index >= 15 is 0 Å². The van der Waals surface area contributed by atoms with Gasteiger partial charge in [-0.25, -0.2) is 0 Å². The van der Waals surface area contributed by atoms with E-state index in [-0.39, 0.29) is 5.91 Å². The number of nitrogen functional groups attached to an aromatic ring is 1. The molecule has 3 N–H and O–H groups in total. The standard InChI is InChI=1S/C12H11ClN2O2S/c1-17-7-2-3-10(9(14)6-7)15-12(16)11-8(13)4-5-18-11/h2-6H,14H2,1H3,(H,15,16). The van der Waals surface area contributed by atoms with Crippen LogP contribution in [-0.4, -0.2) is 13.0 Å². The minimum Gasteiger partial charge on any atom is -0.497 e. The van der Waals surface area contributed by atoms with E-state index in [1.807, 2.05) is 0 Å². The molecule has 2 rings (SSSR count). The molecule has 1 heterocycles. The number of hydrogen-bond donors (Lipinski definition) is 2. The highest BCUT2D eigenvalue weighted by Gasteiger charge is 2.13. The zero-order valence-corrected chi connectivity index (χ0v) is 11.1. The molecule has 1 aromatic carbocycles. The molecule has 0 fully saturated rings. The van der Waals surface area contributed by atoms with Crippen LogP contribution in [0.3, 0.4) is 0 Å². The summed E-state index contributed by atoms with van der Waals surface area (Å²) < 4.78 is 5.03. The van der Waals surface area contributed by atoms with Gasteiger partial charge in [-0.1, -0.05) is 11.6 Å². The first kappa shape index (κ1) is 12.7. The third kappa shape index (κ3) is 2.57. The van der Waals surface area contributed by atoms with Gasteiger partial charge in [0, 0.05) is 6.07 Å². The minimum absolute atomic E-state index is 0.271. The monoisotopic (exact) mass is 282 g/mol. The Balaban J connectivity index is 2.20. The van der Waals surface area contributed by atoms with Crippen molar-refractivity contribution >= 4 is 40.2 Å². The van der Waals surface area contributed by atoms with Crippen LogP contribution in [0.1, 0.15) is 9.67 Å². The molecule has 0 unspecified atom stereocenters. The molecular formula is C12H11ClN2O2S. The number of benzene rings is 1. The SMILES string of the molecule is COc1ccc(NC(=O)c2sccc2Cl)c(N)c1. The van der Waals surface area contributed by atoms with Gasteiger partial charge in [0.1, 0.15) is 10.6 Å². The zero-order chi connectivity index (χ0) is 13.1. The number of ether oxygens (including phenoxy) is 1. The van der Waals surface area contributed by atoms with Gasteiger partial charge in [-0.15, -0.1) is 11.3 Å². The Morgan fingerprint density at radius 2 is 2.22 bits per heavy atom. The van der Waals surface area contributed by atoms with Crippen LogP contribution < -0.4 is 15.8 Å². The molecule has 0 aliphatic rings. The first-order valence-corrected chi connectivity index (χ1v) is 6.35. The van der Waals surface area contributed by atoms with Crippen LogP contribution in [0.5, 0.6) is 5.75 Å². The summed E-state index contributed by atoms with van der Waals surface area (Å²) in [6.07, 6.45) is 0. The lowest BCUT2D eigenvalue weighted by molar-refractivity contribution is 0.103. The van der Waals surface area contributed by atoms with Crippen LogP contribution in [0.25, 0.3) is 0 Å². The lowest BCUT2D eigenvalue weighted by atomic mass is 10.2. The smallest absolute Gasteiger partial charge is 0.267 e. The topological polar surface area (TPSA) is 64.3 Å². The fourth-order valence-corrected chi connectivity index (χ4v) is 2.45. The number of hydrogen-bond acceptors (Lipinski definition) is 4. The maximum absolute atomic E-state index is 11.9. The van der Waals surface area contributed by atoms with Gasteiger partial charge in [-0.05, 0) is 23.6 Å². The Labute approximate surface area is 113 Å². The summed E-state index contributed by atoms with van der Waals surface area (Å²) in [5, 5.41) is 4.90. The summed E-state index contributed by atoms with van der Waals surface area (Å²) >= 11 is 7.17. The molecule has 2 aromatic rings. The summed E-state index contributed by atoms with van der Waals surface area (Å²) in [7, 11) is 1.55. The highest BCUT2D eigenvalue weighted by Crippen LogP contribution is 2.27. The number of carbonyl (C=O) groups is 1. The van der Waals surface area contributed by atoms with E-state index in [0.29, 0.717) is 27.0 Å². The van der Waals surface area contributed by atoms with Crippen molar-refractivity contribution in [2.24, 2.45) is 0 Å². The van der Waals surface area contributed by atoms with Gasteiger partial charge in [-0.3, -0.25) is 4.79 Å². The molecule has 0 aliphatic heterocycles. The van der Waals surface area contributed by atoms with Crippen molar-refractivity contribution in [3.05, 3.63) is 39.5 Å². The second-order valence-electron chi connectivity index (χ2n) is 3.50. The van der Waals surface area contributed by atoms with Crippen LogP contribution in [0.2, 0.25) is 5.02 Å². The van der Waals surface area contributed by atoms with Crippen molar-refractivity contribution in [2.45, 2.75) is 0 Å². The van der Waals surface area contributed by atoms with Crippen molar-refractivity contribution in [3.8, 4) is 5.75 Å². The van der Waals surface area contributed by atoms with E-state index in [4.69, 9.17) is 22.1 Å². The molecule has 1 amide bonds. The number of methoxy groups -OCH3 is 1. The molecule has 94 valence electrons. The molecule has 0 bridgehead atoms. The van der Waals surface area contributed by atoms with E-state index in [0.717, 1.165) is 0 Å². The second-order valence-corrected chi connectivity index (χ2v) is 4.83. The quantitative estimate of drug-likeness (QED) is 0.850.